The largest absolute Gasteiger partial charge is 0.478 e. The van der Waals surface area contributed by atoms with Gasteiger partial charge in [-0.25, -0.2) is 4.79 Å². The highest BCUT2D eigenvalue weighted by Crippen LogP contribution is 2.29. The third-order valence-electron chi connectivity index (χ3n) is 2.57. The monoisotopic (exact) mass is 192 g/mol. The molecule has 0 bridgehead atoms. The first kappa shape index (κ1) is 9.02. The summed E-state index contributed by atoms with van der Waals surface area (Å²) in [5.74, 6) is -0.969. The quantitative estimate of drug-likeness (QED) is 0.611. The van der Waals surface area contributed by atoms with Crippen molar-refractivity contribution < 1.29 is 9.90 Å². The van der Waals surface area contributed by atoms with Crippen molar-refractivity contribution in [3.63, 3.8) is 0 Å². The van der Waals surface area contributed by atoms with Gasteiger partial charge in [-0.1, -0.05) is 12.1 Å². The van der Waals surface area contributed by atoms with Gasteiger partial charge in [-0.15, -0.1) is 0 Å². The number of nitrogens with two attached hydrogens (primary N) is 1. The Morgan fingerprint density at radius 3 is 2.79 bits per heavy atom. The summed E-state index contributed by atoms with van der Waals surface area (Å²) in [6.45, 7) is 0.974. The first-order chi connectivity index (χ1) is 6.70. The van der Waals surface area contributed by atoms with Gasteiger partial charge in [0.05, 0.1) is 11.3 Å². The summed E-state index contributed by atoms with van der Waals surface area (Å²) < 4.78 is 0. The lowest BCUT2D eigenvalue weighted by Crippen LogP contribution is -2.35. The minimum absolute atomic E-state index is 0.191. The summed E-state index contributed by atoms with van der Waals surface area (Å²) in [4.78, 5) is 10.8. The molecule has 0 saturated carbocycles. The van der Waals surface area contributed by atoms with Crippen LogP contribution < -0.4 is 11.1 Å². The van der Waals surface area contributed by atoms with Crippen LogP contribution >= 0.6 is 0 Å². The molecule has 74 valence electrons. The van der Waals surface area contributed by atoms with Crippen LogP contribution in [0.2, 0.25) is 0 Å². The van der Waals surface area contributed by atoms with Crippen LogP contribution in [0.3, 0.4) is 0 Å². The maximum absolute atomic E-state index is 10.8. The highest BCUT2D eigenvalue weighted by Gasteiger charge is 2.22. The van der Waals surface area contributed by atoms with Gasteiger partial charge in [-0.3, -0.25) is 0 Å². The topological polar surface area (TPSA) is 75.4 Å². The van der Waals surface area contributed by atoms with Crippen LogP contribution in [0.15, 0.2) is 18.2 Å². The predicted molar refractivity (Wildman–Crippen MR) is 53.2 cm³/mol. The Morgan fingerprint density at radius 2 is 2.29 bits per heavy atom. The van der Waals surface area contributed by atoms with Crippen molar-refractivity contribution in [2.45, 2.75) is 12.5 Å². The van der Waals surface area contributed by atoms with Gasteiger partial charge in [0.2, 0.25) is 0 Å². The number of para-hydroxylation sites is 1. The van der Waals surface area contributed by atoms with Crippen LogP contribution in [0.1, 0.15) is 28.4 Å². The number of rotatable bonds is 2. The highest BCUT2D eigenvalue weighted by atomic mass is 16.4. The maximum atomic E-state index is 10.8. The molecule has 14 heavy (non-hydrogen) atoms. The van der Waals surface area contributed by atoms with E-state index in [0.29, 0.717) is 5.69 Å². The smallest absolute Gasteiger partial charge is 0.337 e. The van der Waals surface area contributed by atoms with Crippen molar-refractivity contribution in [2.24, 2.45) is 0 Å². The van der Waals surface area contributed by atoms with Crippen LogP contribution in [0.5, 0.6) is 0 Å². The molecule has 0 radical (unpaired) electrons. The van der Waals surface area contributed by atoms with E-state index in [-0.39, 0.29) is 11.6 Å². The lowest BCUT2D eigenvalue weighted by atomic mass is 9.94. The molecular weight excluding hydrogens is 180 g/mol. The Kier molecular flexibility index (Phi) is 2.13. The molecule has 1 aromatic rings. The predicted octanol–water partition coefficient (Wildman–Crippen LogP) is 1.00. The van der Waals surface area contributed by atoms with Gasteiger partial charge in [0, 0.05) is 6.04 Å². The van der Waals surface area contributed by atoms with Crippen molar-refractivity contribution in [3.05, 3.63) is 29.3 Å². The summed E-state index contributed by atoms with van der Waals surface area (Å²) >= 11 is 0. The van der Waals surface area contributed by atoms with Crippen molar-refractivity contribution in [1.29, 1.82) is 0 Å². The Hall–Kier alpha value is -1.55. The molecule has 1 atom stereocenters. The number of anilines is 1. The van der Waals surface area contributed by atoms with E-state index < -0.39 is 5.97 Å². The van der Waals surface area contributed by atoms with Crippen LogP contribution in [-0.2, 0) is 0 Å². The molecule has 1 aliphatic heterocycles. The zero-order chi connectivity index (χ0) is 10.1. The number of nitrogen functional groups attached to an aromatic ring is 1. The summed E-state index contributed by atoms with van der Waals surface area (Å²) in [6, 6.07) is 5.36. The molecule has 1 aromatic carbocycles. The molecule has 0 spiro atoms. The molecule has 0 aromatic heterocycles. The van der Waals surface area contributed by atoms with Gasteiger partial charge in [0.25, 0.3) is 0 Å². The summed E-state index contributed by atoms with van der Waals surface area (Å²) in [6.07, 6.45) is 1.02. The van der Waals surface area contributed by atoms with E-state index in [1.54, 1.807) is 6.07 Å². The van der Waals surface area contributed by atoms with Gasteiger partial charge in [-0.05, 0) is 24.6 Å². The Morgan fingerprint density at radius 1 is 1.57 bits per heavy atom. The van der Waals surface area contributed by atoms with Crippen LogP contribution in [0.25, 0.3) is 0 Å². The molecule has 1 heterocycles. The lowest BCUT2D eigenvalue weighted by molar-refractivity contribution is 0.0698. The molecule has 4 N–H and O–H groups in total. The first-order valence-electron chi connectivity index (χ1n) is 4.55. The lowest BCUT2D eigenvalue weighted by Gasteiger charge is -2.29. The second-order valence-electron chi connectivity index (χ2n) is 3.41. The molecule has 4 nitrogen and oxygen atoms in total. The Labute approximate surface area is 81.7 Å². The number of carboxylic acid groups (broad SMARTS) is 1. The highest BCUT2D eigenvalue weighted by molar-refractivity contribution is 5.94. The zero-order valence-electron chi connectivity index (χ0n) is 7.66. The molecule has 0 aliphatic carbocycles. The summed E-state index contributed by atoms with van der Waals surface area (Å²) in [5, 5.41) is 12.1. The second kappa shape index (κ2) is 3.31. The van der Waals surface area contributed by atoms with Gasteiger partial charge >= 0.3 is 5.97 Å². The van der Waals surface area contributed by atoms with Crippen LogP contribution in [0.4, 0.5) is 5.69 Å². The molecule has 0 unspecified atom stereocenters. The molecule has 2 rings (SSSR count). The number of benzene rings is 1. The Balaban J connectivity index is 2.40. The average Bonchev–Trinajstić information content (AvgIpc) is 2.04. The first-order valence-corrected chi connectivity index (χ1v) is 4.55. The Bertz CT molecular complexity index is 372. The van der Waals surface area contributed by atoms with Gasteiger partial charge in [0.1, 0.15) is 0 Å². The van der Waals surface area contributed by atoms with E-state index in [0.717, 1.165) is 18.5 Å². The second-order valence-corrected chi connectivity index (χ2v) is 3.41. The van der Waals surface area contributed by atoms with Crippen molar-refractivity contribution in [2.75, 3.05) is 12.3 Å². The van der Waals surface area contributed by atoms with Crippen LogP contribution in [-0.4, -0.2) is 17.6 Å². The molecule has 1 saturated heterocycles. The number of nitrogens with one attached hydrogen (secondary N) is 1. The fourth-order valence-electron chi connectivity index (χ4n) is 1.63. The minimum atomic E-state index is -0.969. The van der Waals surface area contributed by atoms with Gasteiger partial charge < -0.3 is 16.2 Å². The number of carboxylic acids is 1. The van der Waals surface area contributed by atoms with Crippen molar-refractivity contribution in [3.8, 4) is 0 Å². The number of hydrogen-bond acceptors (Lipinski definition) is 3. The molecule has 4 heteroatoms. The fraction of sp³-hybridized carbons (Fsp3) is 0.300. The van der Waals surface area contributed by atoms with Crippen molar-refractivity contribution in [1.82, 2.24) is 5.32 Å². The number of hydrogen-bond donors (Lipinski definition) is 3. The standard InChI is InChI=1S/C10H12N2O2/c11-9-6(8-4-5-12-8)2-1-3-7(9)10(13)14/h1-3,8,12H,4-5,11H2,(H,13,14)/t8-/m0/s1. The molecule has 1 aliphatic rings. The normalized spacial score (nSPS) is 20.1. The maximum Gasteiger partial charge on any atom is 0.337 e. The fourth-order valence-corrected chi connectivity index (χ4v) is 1.63. The van der Waals surface area contributed by atoms with Crippen molar-refractivity contribution >= 4 is 11.7 Å². The zero-order valence-corrected chi connectivity index (χ0v) is 7.66. The molecular formula is C10H12N2O2. The van der Waals surface area contributed by atoms with Gasteiger partial charge in [-0.2, -0.15) is 0 Å². The van der Waals surface area contributed by atoms with E-state index in [1.807, 2.05) is 6.07 Å². The van der Waals surface area contributed by atoms with E-state index in [2.05, 4.69) is 5.32 Å². The van der Waals surface area contributed by atoms with E-state index in [9.17, 15) is 4.79 Å². The molecule has 0 amide bonds. The van der Waals surface area contributed by atoms with Gasteiger partial charge in [0.15, 0.2) is 0 Å². The summed E-state index contributed by atoms with van der Waals surface area (Å²) in [5.41, 5.74) is 7.25. The minimum Gasteiger partial charge on any atom is -0.478 e. The molecule has 1 fully saturated rings. The third-order valence-corrected chi connectivity index (χ3v) is 2.57. The third kappa shape index (κ3) is 1.33. The van der Waals surface area contributed by atoms with E-state index in [1.165, 1.54) is 6.07 Å². The number of aromatic carboxylic acids is 1. The SMILES string of the molecule is Nc1c(C(=O)O)cccc1[C@@H]1CCN1. The van der Waals surface area contributed by atoms with E-state index >= 15 is 0 Å². The number of carbonyl (C=O) groups is 1. The van der Waals surface area contributed by atoms with E-state index in [4.69, 9.17) is 10.8 Å². The average molecular weight is 192 g/mol. The van der Waals surface area contributed by atoms with Crippen LogP contribution in [0, 0.1) is 0 Å². The summed E-state index contributed by atoms with van der Waals surface area (Å²) in [7, 11) is 0.